The first kappa shape index (κ1) is 36.7. The molecule has 48 heavy (non-hydrogen) atoms. The molecule has 0 fully saturated rings. The number of alkyl halides is 3. The first-order valence-corrected chi connectivity index (χ1v) is 17.5. The van der Waals surface area contributed by atoms with Gasteiger partial charge >= 0.3 is 6.18 Å². The highest BCUT2D eigenvalue weighted by Crippen LogP contribution is 2.33. The van der Waals surface area contributed by atoms with E-state index in [1.54, 1.807) is 43.3 Å². The van der Waals surface area contributed by atoms with Gasteiger partial charge in [-0.3, -0.25) is 13.9 Å². The third-order valence-corrected chi connectivity index (χ3v) is 9.89. The van der Waals surface area contributed by atoms with E-state index in [0.717, 1.165) is 27.7 Å². The number of nitrogens with zero attached hydrogens (tertiary/aromatic N) is 2. The van der Waals surface area contributed by atoms with Crippen molar-refractivity contribution in [2.75, 3.05) is 17.4 Å². The molecule has 0 saturated carbocycles. The van der Waals surface area contributed by atoms with Crippen molar-refractivity contribution in [1.29, 1.82) is 0 Å². The lowest BCUT2D eigenvalue weighted by atomic mass is 10.0. The standard InChI is InChI=1S/C36H37BrF3N3O4S/c1-25(2)22-41-35(45)33(20-27-8-5-4-6-9-27)42(23-28-14-16-30(37)17-15-28)34(44)24-43(31-11-7-10-29(21-31)36(38,39)40)48(46,47)32-18-12-26(3)13-19-32/h4-19,21,25,33H,20,22-24H2,1-3H3,(H,41,45). The van der Waals surface area contributed by atoms with Crippen molar-refractivity contribution in [3.05, 3.63) is 130 Å². The molecular weight excluding hydrogens is 707 g/mol. The molecule has 1 atom stereocenters. The van der Waals surface area contributed by atoms with Gasteiger partial charge in [-0.1, -0.05) is 96.0 Å². The van der Waals surface area contributed by atoms with E-state index in [0.29, 0.717) is 22.5 Å². The molecule has 1 unspecified atom stereocenters. The van der Waals surface area contributed by atoms with Gasteiger partial charge in [0.2, 0.25) is 11.8 Å². The van der Waals surface area contributed by atoms with Gasteiger partial charge in [-0.05, 0) is 66.4 Å². The summed E-state index contributed by atoms with van der Waals surface area (Å²) in [6.07, 6.45) is -4.65. The fourth-order valence-electron chi connectivity index (χ4n) is 4.97. The molecule has 0 aliphatic carbocycles. The van der Waals surface area contributed by atoms with E-state index in [1.165, 1.54) is 23.1 Å². The van der Waals surface area contributed by atoms with Gasteiger partial charge in [-0.25, -0.2) is 8.42 Å². The molecule has 2 amide bonds. The number of carbonyl (C=O) groups is 2. The van der Waals surface area contributed by atoms with Gasteiger partial charge in [0.25, 0.3) is 10.0 Å². The normalized spacial score (nSPS) is 12.4. The number of sulfonamides is 1. The number of benzene rings is 4. The van der Waals surface area contributed by atoms with Gasteiger partial charge in [0, 0.05) is 24.0 Å². The van der Waals surface area contributed by atoms with Crippen LogP contribution in [0, 0.1) is 12.8 Å². The second kappa shape index (κ2) is 15.8. The van der Waals surface area contributed by atoms with Gasteiger partial charge in [0.15, 0.2) is 0 Å². The van der Waals surface area contributed by atoms with Crippen LogP contribution in [0.25, 0.3) is 0 Å². The van der Waals surface area contributed by atoms with E-state index < -0.39 is 46.2 Å². The molecule has 12 heteroatoms. The lowest BCUT2D eigenvalue weighted by Gasteiger charge is -2.34. The molecular formula is C36H37BrF3N3O4S. The summed E-state index contributed by atoms with van der Waals surface area (Å²) in [5, 5.41) is 2.91. The number of hydrogen-bond donors (Lipinski definition) is 1. The fourth-order valence-corrected chi connectivity index (χ4v) is 6.64. The molecule has 254 valence electrons. The number of nitrogens with one attached hydrogen (secondary N) is 1. The van der Waals surface area contributed by atoms with Crippen LogP contribution < -0.4 is 9.62 Å². The van der Waals surface area contributed by atoms with Crippen LogP contribution in [0.4, 0.5) is 18.9 Å². The van der Waals surface area contributed by atoms with E-state index >= 15 is 0 Å². The Morgan fingerprint density at radius 1 is 0.854 bits per heavy atom. The SMILES string of the molecule is Cc1ccc(S(=O)(=O)N(CC(=O)N(Cc2ccc(Br)cc2)C(Cc2ccccc2)C(=O)NCC(C)C)c2cccc(C(F)(F)F)c2)cc1. The summed E-state index contributed by atoms with van der Waals surface area (Å²) < 4.78 is 71.1. The highest BCUT2D eigenvalue weighted by Gasteiger charge is 2.36. The second-order valence-electron chi connectivity index (χ2n) is 11.9. The number of carbonyl (C=O) groups excluding carboxylic acids is 2. The summed E-state index contributed by atoms with van der Waals surface area (Å²) in [6, 6.07) is 24.7. The molecule has 0 spiro atoms. The van der Waals surface area contributed by atoms with Crippen LogP contribution in [0.3, 0.4) is 0 Å². The van der Waals surface area contributed by atoms with Gasteiger partial charge in [0.1, 0.15) is 12.6 Å². The average molecular weight is 745 g/mol. The Bertz CT molecular complexity index is 1800. The minimum absolute atomic E-state index is 0.0697. The van der Waals surface area contributed by atoms with Crippen LogP contribution >= 0.6 is 15.9 Å². The molecule has 0 aliphatic rings. The topological polar surface area (TPSA) is 86.8 Å². The van der Waals surface area contributed by atoms with E-state index in [9.17, 15) is 31.2 Å². The Morgan fingerprint density at radius 2 is 1.50 bits per heavy atom. The van der Waals surface area contributed by atoms with Crippen molar-refractivity contribution < 1.29 is 31.2 Å². The first-order valence-electron chi connectivity index (χ1n) is 15.3. The summed E-state index contributed by atoms with van der Waals surface area (Å²) in [7, 11) is -4.55. The molecule has 0 radical (unpaired) electrons. The Balaban J connectivity index is 1.84. The number of rotatable bonds is 13. The third kappa shape index (κ3) is 9.70. The van der Waals surface area contributed by atoms with Gasteiger partial charge in [-0.15, -0.1) is 0 Å². The maximum absolute atomic E-state index is 14.5. The molecule has 0 aromatic heterocycles. The maximum Gasteiger partial charge on any atom is 0.416 e. The van der Waals surface area contributed by atoms with Crippen molar-refractivity contribution in [2.45, 2.75) is 50.9 Å². The molecule has 0 heterocycles. The smallest absolute Gasteiger partial charge is 0.354 e. The highest BCUT2D eigenvalue weighted by atomic mass is 79.9. The summed E-state index contributed by atoms with van der Waals surface area (Å²) >= 11 is 3.40. The molecule has 0 bridgehead atoms. The summed E-state index contributed by atoms with van der Waals surface area (Å²) in [4.78, 5) is 29.4. The van der Waals surface area contributed by atoms with Crippen LogP contribution in [0.15, 0.2) is 112 Å². The zero-order valence-electron chi connectivity index (χ0n) is 26.7. The van der Waals surface area contributed by atoms with Crippen LogP contribution in [-0.4, -0.2) is 44.3 Å². The largest absolute Gasteiger partial charge is 0.416 e. The molecule has 0 aliphatic heterocycles. The summed E-state index contributed by atoms with van der Waals surface area (Å²) in [5.41, 5.74) is 0.781. The van der Waals surface area contributed by atoms with Crippen molar-refractivity contribution in [3.63, 3.8) is 0 Å². The average Bonchev–Trinajstić information content (AvgIpc) is 3.05. The minimum Gasteiger partial charge on any atom is -0.354 e. The Kier molecular flexibility index (Phi) is 12.1. The van der Waals surface area contributed by atoms with E-state index in [2.05, 4.69) is 21.2 Å². The lowest BCUT2D eigenvalue weighted by molar-refractivity contribution is -0.140. The lowest BCUT2D eigenvalue weighted by Crippen LogP contribution is -2.53. The highest BCUT2D eigenvalue weighted by molar-refractivity contribution is 9.10. The number of hydrogen-bond acceptors (Lipinski definition) is 4. The third-order valence-electron chi connectivity index (χ3n) is 7.57. The number of amides is 2. The van der Waals surface area contributed by atoms with Gasteiger partial charge in [-0.2, -0.15) is 13.2 Å². The fraction of sp³-hybridized carbons (Fsp3) is 0.278. The van der Waals surface area contributed by atoms with Crippen molar-refractivity contribution in [3.8, 4) is 0 Å². The second-order valence-corrected chi connectivity index (χ2v) is 14.6. The van der Waals surface area contributed by atoms with Gasteiger partial charge < -0.3 is 10.2 Å². The number of anilines is 1. The zero-order valence-corrected chi connectivity index (χ0v) is 29.1. The van der Waals surface area contributed by atoms with E-state index in [-0.39, 0.29) is 29.5 Å². The van der Waals surface area contributed by atoms with Gasteiger partial charge in [0.05, 0.1) is 16.1 Å². The van der Waals surface area contributed by atoms with Crippen LogP contribution in [0.1, 0.15) is 36.1 Å². The predicted octanol–water partition coefficient (Wildman–Crippen LogP) is 7.38. The predicted molar refractivity (Wildman–Crippen MR) is 184 cm³/mol. The Morgan fingerprint density at radius 3 is 2.10 bits per heavy atom. The summed E-state index contributed by atoms with van der Waals surface area (Å²) in [6.45, 7) is 5.03. The van der Waals surface area contributed by atoms with Crippen LogP contribution in [0.2, 0.25) is 0 Å². The van der Waals surface area contributed by atoms with E-state index in [1.807, 2.05) is 44.2 Å². The van der Waals surface area contributed by atoms with E-state index in [4.69, 9.17) is 0 Å². The number of aryl methyl sites for hydroxylation is 1. The number of halogens is 4. The molecule has 7 nitrogen and oxygen atoms in total. The Hall–Kier alpha value is -4.16. The minimum atomic E-state index is -4.76. The summed E-state index contributed by atoms with van der Waals surface area (Å²) in [5.74, 6) is -1.10. The molecule has 0 saturated heterocycles. The van der Waals surface area contributed by atoms with Crippen LogP contribution in [-0.2, 0) is 38.8 Å². The monoisotopic (exact) mass is 743 g/mol. The maximum atomic E-state index is 14.5. The zero-order chi connectivity index (χ0) is 35.1. The molecule has 4 rings (SSSR count). The molecule has 4 aromatic carbocycles. The van der Waals surface area contributed by atoms with Crippen molar-refractivity contribution >= 4 is 43.5 Å². The van der Waals surface area contributed by atoms with Crippen molar-refractivity contribution in [1.82, 2.24) is 10.2 Å². The quantitative estimate of drug-likeness (QED) is 0.155. The Labute approximate surface area is 287 Å². The molecule has 4 aromatic rings. The first-order chi connectivity index (χ1) is 22.6. The van der Waals surface area contributed by atoms with Crippen molar-refractivity contribution in [2.24, 2.45) is 5.92 Å². The van der Waals surface area contributed by atoms with Crippen LogP contribution in [0.5, 0.6) is 0 Å². The molecule has 1 N–H and O–H groups in total.